The fourth-order valence-corrected chi connectivity index (χ4v) is 4.95. The van der Waals surface area contributed by atoms with Crippen LogP contribution in [0.3, 0.4) is 0 Å². The number of carbonyl (C=O) groups excluding carboxylic acids is 1. The zero-order valence-electron chi connectivity index (χ0n) is 16.5. The van der Waals surface area contributed by atoms with E-state index in [1.54, 1.807) is 25.3 Å². The van der Waals surface area contributed by atoms with Crippen LogP contribution in [0.5, 0.6) is 11.5 Å². The topological polar surface area (TPSA) is 95.3 Å². The van der Waals surface area contributed by atoms with E-state index in [-0.39, 0.29) is 12.1 Å². The van der Waals surface area contributed by atoms with Crippen molar-refractivity contribution in [2.75, 3.05) is 19.5 Å². The van der Waals surface area contributed by atoms with E-state index in [0.29, 0.717) is 33.3 Å². The Morgan fingerprint density at radius 2 is 2.17 bits per heavy atom. The van der Waals surface area contributed by atoms with Gasteiger partial charge in [0.2, 0.25) is 5.91 Å². The molecule has 1 unspecified atom stereocenters. The molecular formula is C20H22N4O4S. The summed E-state index contributed by atoms with van der Waals surface area (Å²) in [4.78, 5) is 27.4. The normalized spacial score (nSPS) is 15.8. The number of rotatable bonds is 5. The van der Waals surface area contributed by atoms with Crippen LogP contribution in [-0.4, -0.2) is 35.1 Å². The quantitative estimate of drug-likeness (QED) is 0.690. The maximum atomic E-state index is 13.0. The van der Waals surface area contributed by atoms with Gasteiger partial charge in [0.05, 0.1) is 25.3 Å². The number of anilines is 1. The molecule has 1 aliphatic carbocycles. The number of fused-ring (bicyclic) bond motifs is 3. The molecule has 1 amide bonds. The summed E-state index contributed by atoms with van der Waals surface area (Å²) < 4.78 is 11.6. The van der Waals surface area contributed by atoms with Crippen LogP contribution in [-0.2, 0) is 24.2 Å². The van der Waals surface area contributed by atoms with Crippen molar-refractivity contribution in [1.82, 2.24) is 15.0 Å². The lowest BCUT2D eigenvalue weighted by Crippen LogP contribution is -2.30. The van der Waals surface area contributed by atoms with Gasteiger partial charge in [-0.2, -0.15) is 0 Å². The van der Waals surface area contributed by atoms with Crippen molar-refractivity contribution in [1.29, 1.82) is 0 Å². The number of nitrogens with one attached hydrogen (secondary N) is 1. The number of methoxy groups -OCH3 is 2. The molecule has 0 radical (unpaired) electrons. The molecule has 3 aromatic rings. The second-order valence-corrected chi connectivity index (χ2v) is 8.28. The minimum Gasteiger partial charge on any atom is -0.497 e. The predicted molar refractivity (Wildman–Crippen MR) is 111 cm³/mol. The first-order chi connectivity index (χ1) is 14.0. The molecule has 0 saturated carbocycles. The molecule has 0 bridgehead atoms. The van der Waals surface area contributed by atoms with Crippen molar-refractivity contribution >= 4 is 33.1 Å². The fourth-order valence-electron chi connectivity index (χ4n) is 3.63. The Bertz CT molecular complexity index is 1140. The van der Waals surface area contributed by atoms with E-state index >= 15 is 0 Å². The first-order valence-electron chi connectivity index (χ1n) is 9.40. The van der Waals surface area contributed by atoms with E-state index in [1.165, 1.54) is 23.3 Å². The SMILES string of the molecule is COc1ccc(OC)c(NC(=O)Cn2nnc3sc4c(c3c2=O)CCC(C)C4)c1. The third kappa shape index (κ3) is 3.69. The van der Waals surface area contributed by atoms with Gasteiger partial charge in [-0.15, -0.1) is 16.4 Å². The summed E-state index contributed by atoms with van der Waals surface area (Å²) in [6, 6.07) is 5.09. The van der Waals surface area contributed by atoms with Gasteiger partial charge in [-0.05, 0) is 42.9 Å². The van der Waals surface area contributed by atoms with Crippen LogP contribution in [0.1, 0.15) is 23.8 Å². The number of carbonyl (C=O) groups is 1. The maximum absolute atomic E-state index is 13.0. The molecule has 0 spiro atoms. The molecule has 0 aliphatic heterocycles. The Labute approximate surface area is 171 Å². The minimum absolute atomic E-state index is 0.233. The van der Waals surface area contributed by atoms with E-state index in [9.17, 15) is 9.59 Å². The van der Waals surface area contributed by atoms with E-state index in [4.69, 9.17) is 9.47 Å². The molecule has 0 fully saturated rings. The van der Waals surface area contributed by atoms with Crippen molar-refractivity contribution in [2.45, 2.75) is 32.7 Å². The van der Waals surface area contributed by atoms with Crippen LogP contribution in [0.15, 0.2) is 23.0 Å². The molecule has 1 aliphatic rings. The first-order valence-corrected chi connectivity index (χ1v) is 10.2. The number of ether oxygens (including phenoxy) is 2. The molecule has 2 aromatic heterocycles. The first kappa shape index (κ1) is 19.4. The van der Waals surface area contributed by atoms with Gasteiger partial charge in [0.25, 0.3) is 5.56 Å². The van der Waals surface area contributed by atoms with Gasteiger partial charge < -0.3 is 14.8 Å². The third-order valence-electron chi connectivity index (χ3n) is 5.16. The molecule has 8 nitrogen and oxygen atoms in total. The van der Waals surface area contributed by atoms with Gasteiger partial charge in [-0.1, -0.05) is 12.1 Å². The van der Waals surface area contributed by atoms with E-state index in [0.717, 1.165) is 29.5 Å². The van der Waals surface area contributed by atoms with Crippen LogP contribution in [0, 0.1) is 5.92 Å². The van der Waals surface area contributed by atoms with Gasteiger partial charge in [0.15, 0.2) is 4.83 Å². The number of thiophene rings is 1. The van der Waals surface area contributed by atoms with Crippen LogP contribution >= 0.6 is 11.3 Å². The molecule has 1 aromatic carbocycles. The second kappa shape index (κ2) is 7.82. The lowest BCUT2D eigenvalue weighted by Gasteiger charge is -2.17. The lowest BCUT2D eigenvalue weighted by molar-refractivity contribution is -0.117. The number of hydrogen-bond acceptors (Lipinski definition) is 7. The monoisotopic (exact) mass is 414 g/mol. The number of aryl methyl sites for hydroxylation is 1. The molecule has 0 saturated heterocycles. The maximum Gasteiger partial charge on any atom is 0.279 e. The molecule has 29 heavy (non-hydrogen) atoms. The van der Waals surface area contributed by atoms with Gasteiger partial charge in [0, 0.05) is 10.9 Å². The van der Waals surface area contributed by atoms with Crippen LogP contribution in [0.2, 0.25) is 0 Å². The summed E-state index contributed by atoms with van der Waals surface area (Å²) in [6.45, 7) is 1.98. The predicted octanol–water partition coefficient (Wildman–Crippen LogP) is 2.63. The Morgan fingerprint density at radius 3 is 2.93 bits per heavy atom. The van der Waals surface area contributed by atoms with Crippen molar-refractivity contribution in [3.8, 4) is 11.5 Å². The average molecular weight is 414 g/mol. The third-order valence-corrected chi connectivity index (χ3v) is 6.30. The fraction of sp³-hybridized carbons (Fsp3) is 0.400. The molecule has 1 atom stereocenters. The molecule has 2 heterocycles. The average Bonchev–Trinajstić information content (AvgIpc) is 3.08. The van der Waals surface area contributed by atoms with E-state index in [1.807, 2.05) is 0 Å². The summed E-state index contributed by atoms with van der Waals surface area (Å²) in [6.07, 6.45) is 2.88. The number of nitrogens with zero attached hydrogens (tertiary/aromatic N) is 3. The highest BCUT2D eigenvalue weighted by molar-refractivity contribution is 7.18. The number of aromatic nitrogens is 3. The minimum atomic E-state index is -0.398. The Hall–Kier alpha value is -2.94. The Balaban J connectivity index is 1.61. The van der Waals surface area contributed by atoms with Crippen LogP contribution < -0.4 is 20.3 Å². The highest BCUT2D eigenvalue weighted by Gasteiger charge is 2.24. The molecular weight excluding hydrogens is 392 g/mol. The molecule has 152 valence electrons. The standard InChI is InChI=1S/C20H22N4O4S/c1-11-4-6-13-16(8-11)29-19-18(13)20(26)24(23-22-19)10-17(25)21-14-9-12(27-2)5-7-15(14)28-3/h5,7,9,11H,4,6,8,10H2,1-3H3,(H,21,25). The molecule has 1 N–H and O–H groups in total. The van der Waals surface area contributed by atoms with Gasteiger partial charge >= 0.3 is 0 Å². The summed E-state index contributed by atoms with van der Waals surface area (Å²) in [7, 11) is 3.06. The molecule has 9 heteroatoms. The highest BCUT2D eigenvalue weighted by atomic mass is 32.1. The zero-order valence-corrected chi connectivity index (χ0v) is 17.3. The molecule has 4 rings (SSSR count). The summed E-state index contributed by atoms with van der Waals surface area (Å²) in [5.41, 5.74) is 1.27. The van der Waals surface area contributed by atoms with E-state index in [2.05, 4.69) is 22.6 Å². The van der Waals surface area contributed by atoms with Crippen molar-refractivity contribution < 1.29 is 14.3 Å². The number of benzene rings is 1. The van der Waals surface area contributed by atoms with Gasteiger partial charge in [0.1, 0.15) is 18.0 Å². The van der Waals surface area contributed by atoms with Gasteiger partial charge in [-0.3, -0.25) is 9.59 Å². The summed E-state index contributed by atoms with van der Waals surface area (Å²) in [5, 5.41) is 11.5. The highest BCUT2D eigenvalue weighted by Crippen LogP contribution is 2.35. The Morgan fingerprint density at radius 1 is 1.34 bits per heavy atom. The smallest absolute Gasteiger partial charge is 0.279 e. The van der Waals surface area contributed by atoms with E-state index < -0.39 is 5.91 Å². The van der Waals surface area contributed by atoms with Crippen molar-refractivity contribution in [2.24, 2.45) is 5.92 Å². The number of amides is 1. The Kier molecular flexibility index (Phi) is 5.23. The van der Waals surface area contributed by atoms with Crippen molar-refractivity contribution in [3.63, 3.8) is 0 Å². The van der Waals surface area contributed by atoms with Crippen LogP contribution in [0.4, 0.5) is 5.69 Å². The summed E-state index contributed by atoms with van der Waals surface area (Å²) >= 11 is 1.54. The second-order valence-electron chi connectivity index (χ2n) is 7.20. The largest absolute Gasteiger partial charge is 0.497 e. The van der Waals surface area contributed by atoms with Crippen LogP contribution in [0.25, 0.3) is 10.2 Å². The lowest BCUT2D eigenvalue weighted by atomic mass is 9.89. The van der Waals surface area contributed by atoms with Gasteiger partial charge in [-0.25, -0.2) is 4.68 Å². The zero-order chi connectivity index (χ0) is 20.5. The van der Waals surface area contributed by atoms with Crippen molar-refractivity contribution in [3.05, 3.63) is 39.0 Å². The summed E-state index contributed by atoms with van der Waals surface area (Å²) in [5.74, 6) is 1.28. The number of hydrogen-bond donors (Lipinski definition) is 1.